The van der Waals surface area contributed by atoms with Gasteiger partial charge in [-0.3, -0.25) is 9.48 Å². The molecule has 0 saturated carbocycles. The van der Waals surface area contributed by atoms with Gasteiger partial charge < -0.3 is 14.0 Å². The van der Waals surface area contributed by atoms with Gasteiger partial charge in [0.25, 0.3) is 5.91 Å². The number of amides is 1. The van der Waals surface area contributed by atoms with Gasteiger partial charge in [-0.05, 0) is 19.9 Å². The molecule has 0 spiro atoms. The molecule has 124 valence electrons. The lowest BCUT2D eigenvalue weighted by molar-refractivity contribution is 0.0625. The number of carbonyl (C=O) groups excluding carboxylic acids is 1. The lowest BCUT2D eigenvalue weighted by Crippen LogP contribution is -2.41. The second-order valence-electron chi connectivity index (χ2n) is 5.96. The van der Waals surface area contributed by atoms with Crippen LogP contribution in [0.2, 0.25) is 0 Å². The zero-order valence-electron chi connectivity index (χ0n) is 13.6. The van der Waals surface area contributed by atoms with Crippen molar-refractivity contribution < 1.29 is 9.32 Å². The van der Waals surface area contributed by atoms with E-state index >= 15 is 0 Å². The Balaban J connectivity index is 1.58. The summed E-state index contributed by atoms with van der Waals surface area (Å²) in [5.74, 6) is 1.39. The van der Waals surface area contributed by atoms with E-state index in [1.807, 2.05) is 30.1 Å². The molecular weight excluding hydrogens is 308 g/mol. The van der Waals surface area contributed by atoms with Gasteiger partial charge in [0.15, 0.2) is 5.69 Å². The molecule has 1 aliphatic heterocycles. The van der Waals surface area contributed by atoms with Gasteiger partial charge in [0.1, 0.15) is 11.6 Å². The Bertz CT molecular complexity index is 863. The van der Waals surface area contributed by atoms with E-state index in [-0.39, 0.29) is 11.9 Å². The van der Waals surface area contributed by atoms with E-state index in [0.29, 0.717) is 31.1 Å². The number of aromatic nitrogens is 5. The Morgan fingerprint density at radius 2 is 2.29 bits per heavy atom. The molecule has 0 unspecified atom stereocenters. The second-order valence-corrected chi connectivity index (χ2v) is 5.96. The zero-order chi connectivity index (χ0) is 16.7. The van der Waals surface area contributed by atoms with Crippen LogP contribution < -0.4 is 0 Å². The Labute approximate surface area is 138 Å². The van der Waals surface area contributed by atoms with Gasteiger partial charge in [-0.1, -0.05) is 5.16 Å². The largest absolute Gasteiger partial charge is 0.361 e. The van der Waals surface area contributed by atoms with Crippen molar-refractivity contribution in [2.24, 2.45) is 0 Å². The quantitative estimate of drug-likeness (QED) is 0.731. The minimum Gasteiger partial charge on any atom is -0.361 e. The maximum atomic E-state index is 12.6. The molecule has 8 nitrogen and oxygen atoms in total. The van der Waals surface area contributed by atoms with Gasteiger partial charge in [0.05, 0.1) is 24.5 Å². The third-order valence-corrected chi connectivity index (χ3v) is 4.37. The monoisotopic (exact) mass is 326 g/mol. The van der Waals surface area contributed by atoms with Crippen LogP contribution in [0.1, 0.15) is 40.7 Å². The molecule has 0 aromatic carbocycles. The summed E-state index contributed by atoms with van der Waals surface area (Å²) in [5.41, 5.74) is 1.43. The van der Waals surface area contributed by atoms with E-state index in [2.05, 4.69) is 19.8 Å². The molecule has 0 saturated heterocycles. The van der Waals surface area contributed by atoms with Gasteiger partial charge in [0.2, 0.25) is 0 Å². The van der Waals surface area contributed by atoms with Gasteiger partial charge in [0, 0.05) is 31.5 Å². The number of hydrogen-bond acceptors (Lipinski definition) is 5. The van der Waals surface area contributed by atoms with Crippen LogP contribution in [-0.4, -0.2) is 41.8 Å². The molecular formula is C16H18N6O2. The summed E-state index contributed by atoms with van der Waals surface area (Å²) in [6, 6.07) is 3.45. The highest BCUT2D eigenvalue weighted by Gasteiger charge is 2.32. The number of rotatable bonds is 3. The third-order valence-electron chi connectivity index (χ3n) is 4.37. The van der Waals surface area contributed by atoms with E-state index in [1.165, 1.54) is 0 Å². The fourth-order valence-corrected chi connectivity index (χ4v) is 3.14. The standard InChI is InChI=1S/C16H18N6O2/c1-11-8-14(19-24-11)16(23)21-6-7-22-13(9-17-15(22)12(21)2)10-20-5-3-4-18-20/h3-5,8-9,12H,6-7,10H2,1-2H3/t12-/m0/s1. The maximum Gasteiger partial charge on any atom is 0.276 e. The van der Waals surface area contributed by atoms with Crippen LogP contribution in [0.3, 0.4) is 0 Å². The van der Waals surface area contributed by atoms with E-state index < -0.39 is 0 Å². The van der Waals surface area contributed by atoms with E-state index in [1.54, 1.807) is 24.1 Å². The summed E-state index contributed by atoms with van der Waals surface area (Å²) in [6.45, 7) is 5.75. The smallest absolute Gasteiger partial charge is 0.276 e. The van der Waals surface area contributed by atoms with Crippen molar-refractivity contribution in [3.63, 3.8) is 0 Å². The second kappa shape index (κ2) is 5.63. The predicted octanol–water partition coefficient (Wildman–Crippen LogP) is 1.64. The summed E-state index contributed by atoms with van der Waals surface area (Å²) >= 11 is 0. The molecule has 3 aromatic heterocycles. The van der Waals surface area contributed by atoms with Crippen molar-refractivity contribution in [2.45, 2.75) is 33.0 Å². The van der Waals surface area contributed by atoms with Crippen molar-refractivity contribution in [3.05, 3.63) is 53.7 Å². The molecule has 4 heterocycles. The Kier molecular flexibility index (Phi) is 3.44. The van der Waals surface area contributed by atoms with Crippen LogP contribution >= 0.6 is 0 Å². The number of nitrogens with zero attached hydrogens (tertiary/aromatic N) is 6. The molecule has 0 fully saturated rings. The first-order valence-electron chi connectivity index (χ1n) is 7.89. The van der Waals surface area contributed by atoms with Crippen LogP contribution in [0.25, 0.3) is 0 Å². The lowest BCUT2D eigenvalue weighted by atomic mass is 10.2. The van der Waals surface area contributed by atoms with Crippen molar-refractivity contribution >= 4 is 5.91 Å². The molecule has 0 aliphatic carbocycles. The Hall–Kier alpha value is -2.90. The minimum atomic E-state index is -0.123. The number of carbonyl (C=O) groups is 1. The number of fused-ring (bicyclic) bond motifs is 1. The first-order valence-corrected chi connectivity index (χ1v) is 7.89. The molecule has 0 bridgehead atoms. The van der Waals surface area contributed by atoms with Crippen LogP contribution in [0.15, 0.2) is 35.2 Å². The highest BCUT2D eigenvalue weighted by molar-refractivity contribution is 5.92. The molecule has 8 heteroatoms. The van der Waals surface area contributed by atoms with Crippen LogP contribution in [0, 0.1) is 6.92 Å². The van der Waals surface area contributed by atoms with Crippen molar-refractivity contribution in [2.75, 3.05) is 6.54 Å². The van der Waals surface area contributed by atoms with E-state index in [4.69, 9.17) is 4.52 Å². The summed E-state index contributed by atoms with van der Waals surface area (Å²) in [5, 5.41) is 8.07. The van der Waals surface area contributed by atoms with Gasteiger partial charge in [-0.25, -0.2) is 4.98 Å². The zero-order valence-corrected chi connectivity index (χ0v) is 13.6. The summed E-state index contributed by atoms with van der Waals surface area (Å²) in [6.07, 6.45) is 5.55. The average Bonchev–Trinajstić information content (AvgIpc) is 3.30. The average molecular weight is 326 g/mol. The first kappa shape index (κ1) is 14.7. The fourth-order valence-electron chi connectivity index (χ4n) is 3.14. The summed E-state index contributed by atoms with van der Waals surface area (Å²) < 4.78 is 9.05. The van der Waals surface area contributed by atoms with Crippen molar-refractivity contribution in [1.29, 1.82) is 0 Å². The number of hydrogen-bond donors (Lipinski definition) is 0. The van der Waals surface area contributed by atoms with Crippen molar-refractivity contribution in [1.82, 2.24) is 29.4 Å². The summed E-state index contributed by atoms with van der Waals surface area (Å²) in [7, 11) is 0. The molecule has 1 aliphatic rings. The van der Waals surface area contributed by atoms with E-state index in [0.717, 1.165) is 11.5 Å². The molecule has 0 N–H and O–H groups in total. The normalized spacial score (nSPS) is 17.1. The van der Waals surface area contributed by atoms with Crippen molar-refractivity contribution in [3.8, 4) is 0 Å². The SMILES string of the molecule is Cc1cc(C(=O)N2CCn3c(Cn4cccn4)cnc3[C@@H]2C)no1. The third kappa shape index (κ3) is 2.40. The number of aryl methyl sites for hydroxylation is 1. The molecule has 1 atom stereocenters. The molecule has 0 radical (unpaired) electrons. The fraction of sp³-hybridized carbons (Fsp3) is 0.375. The van der Waals surface area contributed by atoms with Crippen LogP contribution in [0.5, 0.6) is 0 Å². The minimum absolute atomic E-state index is 0.116. The van der Waals surface area contributed by atoms with Gasteiger partial charge in [-0.15, -0.1) is 0 Å². The van der Waals surface area contributed by atoms with E-state index in [9.17, 15) is 4.79 Å². The molecule has 1 amide bonds. The van der Waals surface area contributed by atoms with Gasteiger partial charge >= 0.3 is 0 Å². The van der Waals surface area contributed by atoms with Gasteiger partial charge in [-0.2, -0.15) is 5.10 Å². The van der Waals surface area contributed by atoms with Crippen LogP contribution in [0.4, 0.5) is 0 Å². The Morgan fingerprint density at radius 3 is 3.00 bits per heavy atom. The lowest BCUT2D eigenvalue weighted by Gasteiger charge is -2.33. The highest BCUT2D eigenvalue weighted by atomic mass is 16.5. The predicted molar refractivity (Wildman–Crippen MR) is 84.2 cm³/mol. The maximum absolute atomic E-state index is 12.6. The van der Waals surface area contributed by atoms with Crippen LogP contribution in [-0.2, 0) is 13.1 Å². The Morgan fingerprint density at radius 1 is 1.42 bits per heavy atom. The summed E-state index contributed by atoms with van der Waals surface area (Å²) in [4.78, 5) is 19.0. The molecule has 24 heavy (non-hydrogen) atoms. The highest BCUT2D eigenvalue weighted by Crippen LogP contribution is 2.27. The first-order chi connectivity index (χ1) is 11.6. The number of imidazole rings is 1. The topological polar surface area (TPSA) is 82.0 Å². The molecule has 3 aromatic rings. The molecule has 4 rings (SSSR count).